The lowest BCUT2D eigenvalue weighted by molar-refractivity contribution is -0.568. The van der Waals surface area contributed by atoms with E-state index in [1.54, 1.807) is 36.5 Å². The molecule has 0 amide bonds. The molecule has 0 N–H and O–H groups in total. The zero-order valence-electron chi connectivity index (χ0n) is 12.3. The Morgan fingerprint density at radius 2 is 1.68 bits per heavy atom. The summed E-state index contributed by atoms with van der Waals surface area (Å²) in [5, 5.41) is 0.632. The summed E-state index contributed by atoms with van der Waals surface area (Å²) < 4.78 is 1.88. The lowest BCUT2D eigenvalue weighted by atomic mass is 10.1. The van der Waals surface area contributed by atoms with Crippen LogP contribution in [0.2, 0.25) is 5.02 Å². The minimum Gasteiger partial charge on any atom is -0.371 e. The molecule has 1 fully saturated rings. The van der Waals surface area contributed by atoms with Gasteiger partial charge in [-0.1, -0.05) is 11.6 Å². The molecule has 1 saturated heterocycles. The van der Waals surface area contributed by atoms with Crippen LogP contribution in [0.25, 0.3) is 6.20 Å². The molecule has 0 spiro atoms. The third kappa shape index (κ3) is 3.55. The minimum absolute atomic E-state index is 0.0345. The van der Waals surface area contributed by atoms with E-state index in [0.717, 1.165) is 13.1 Å². The van der Waals surface area contributed by atoms with Crippen molar-refractivity contribution in [3.8, 4) is 0 Å². The Morgan fingerprint density at radius 3 is 2.32 bits per heavy atom. The van der Waals surface area contributed by atoms with Gasteiger partial charge in [-0.2, -0.15) is 4.57 Å². The number of carbonyl (C=O) groups excluding carboxylic acids is 1. The minimum atomic E-state index is -0.0345. The van der Waals surface area contributed by atoms with Crippen LogP contribution in [0.4, 0.5) is 5.69 Å². The van der Waals surface area contributed by atoms with E-state index in [1.165, 1.54) is 18.5 Å². The fourth-order valence-electron chi connectivity index (χ4n) is 2.58. The van der Waals surface area contributed by atoms with Crippen LogP contribution < -0.4 is 9.47 Å². The second kappa shape index (κ2) is 6.75. The molecule has 1 aromatic heterocycles. The number of ketones is 1. The van der Waals surface area contributed by atoms with Crippen molar-refractivity contribution in [2.75, 3.05) is 18.0 Å². The highest BCUT2D eigenvalue weighted by molar-refractivity contribution is 6.30. The fraction of sp³-hybridized carbons (Fsp3) is 0.222. The Hall–Kier alpha value is -2.13. The van der Waals surface area contributed by atoms with Crippen molar-refractivity contribution < 1.29 is 9.36 Å². The molecule has 0 saturated carbocycles. The molecule has 4 heteroatoms. The molecule has 2 heterocycles. The first kappa shape index (κ1) is 14.8. The Kier molecular flexibility index (Phi) is 4.54. The van der Waals surface area contributed by atoms with Crippen molar-refractivity contribution >= 4 is 29.3 Å². The van der Waals surface area contributed by atoms with Crippen molar-refractivity contribution in [2.24, 2.45) is 0 Å². The van der Waals surface area contributed by atoms with Gasteiger partial charge in [-0.05, 0) is 37.1 Å². The number of halogens is 1. The molecule has 0 aliphatic carbocycles. The standard InChI is InChI=1S/C18H18ClN2O/c19-16-5-3-15(4-6-16)18(22)9-14-20-12-7-17(8-13-20)21-10-1-2-11-21/h3-9,12-14H,1-2,10-11H2/q+1. The second-order valence-corrected chi connectivity index (χ2v) is 5.82. The summed E-state index contributed by atoms with van der Waals surface area (Å²) in [6.07, 6.45) is 9.82. The summed E-state index contributed by atoms with van der Waals surface area (Å²) in [4.78, 5) is 14.4. The monoisotopic (exact) mass is 313 g/mol. The van der Waals surface area contributed by atoms with Crippen LogP contribution in [-0.4, -0.2) is 18.9 Å². The number of carbonyl (C=O) groups is 1. The largest absolute Gasteiger partial charge is 0.371 e. The molecule has 1 aliphatic heterocycles. The van der Waals surface area contributed by atoms with Gasteiger partial charge in [-0.25, -0.2) is 0 Å². The van der Waals surface area contributed by atoms with Crippen LogP contribution in [0.3, 0.4) is 0 Å². The summed E-state index contributed by atoms with van der Waals surface area (Å²) in [5.41, 5.74) is 1.88. The average Bonchev–Trinajstić information content (AvgIpc) is 3.08. The predicted octanol–water partition coefficient (Wildman–Crippen LogP) is 3.58. The van der Waals surface area contributed by atoms with E-state index < -0.39 is 0 Å². The van der Waals surface area contributed by atoms with E-state index in [-0.39, 0.29) is 5.78 Å². The van der Waals surface area contributed by atoms with Crippen LogP contribution in [0.1, 0.15) is 23.2 Å². The molecule has 1 aromatic carbocycles. The van der Waals surface area contributed by atoms with E-state index in [4.69, 9.17) is 11.6 Å². The summed E-state index contributed by atoms with van der Waals surface area (Å²) >= 11 is 5.82. The van der Waals surface area contributed by atoms with E-state index in [1.807, 2.05) is 17.0 Å². The van der Waals surface area contributed by atoms with Gasteiger partial charge in [-0.3, -0.25) is 4.79 Å². The fourth-order valence-corrected chi connectivity index (χ4v) is 2.71. The molecule has 0 unspecified atom stereocenters. The van der Waals surface area contributed by atoms with Crippen LogP contribution in [-0.2, 0) is 0 Å². The van der Waals surface area contributed by atoms with E-state index in [9.17, 15) is 4.79 Å². The smallest absolute Gasteiger partial charge is 0.191 e. The van der Waals surface area contributed by atoms with Crippen LogP contribution in [0.15, 0.2) is 54.9 Å². The maximum atomic E-state index is 12.1. The second-order valence-electron chi connectivity index (χ2n) is 5.38. The zero-order valence-corrected chi connectivity index (χ0v) is 13.0. The molecule has 112 valence electrons. The van der Waals surface area contributed by atoms with Gasteiger partial charge in [0.25, 0.3) is 0 Å². The van der Waals surface area contributed by atoms with Crippen LogP contribution in [0, 0.1) is 0 Å². The van der Waals surface area contributed by atoms with Crippen molar-refractivity contribution in [1.82, 2.24) is 0 Å². The van der Waals surface area contributed by atoms with Crippen LogP contribution >= 0.6 is 11.6 Å². The number of nitrogens with zero attached hydrogens (tertiary/aromatic N) is 2. The highest BCUT2D eigenvalue weighted by Crippen LogP contribution is 2.18. The number of allylic oxidation sites excluding steroid dienone is 1. The van der Waals surface area contributed by atoms with Gasteiger partial charge < -0.3 is 4.90 Å². The molecule has 3 nitrogen and oxygen atoms in total. The molecular weight excluding hydrogens is 296 g/mol. The molecule has 2 aromatic rings. The summed E-state index contributed by atoms with van der Waals surface area (Å²) in [6, 6.07) is 11.1. The number of aromatic nitrogens is 1. The van der Waals surface area contributed by atoms with Crippen molar-refractivity contribution in [1.29, 1.82) is 0 Å². The first-order valence-electron chi connectivity index (χ1n) is 7.46. The Balaban J connectivity index is 1.67. The number of pyridine rings is 1. The van der Waals surface area contributed by atoms with Crippen molar-refractivity contribution in [2.45, 2.75) is 12.8 Å². The molecular formula is C18H18ClN2O+. The first-order chi connectivity index (χ1) is 10.7. The molecule has 0 radical (unpaired) electrons. The zero-order chi connectivity index (χ0) is 15.4. The Labute approximate surface area is 135 Å². The van der Waals surface area contributed by atoms with Gasteiger partial charge >= 0.3 is 0 Å². The number of hydrogen-bond donors (Lipinski definition) is 0. The van der Waals surface area contributed by atoms with E-state index in [2.05, 4.69) is 17.0 Å². The highest BCUT2D eigenvalue weighted by Gasteiger charge is 2.13. The Morgan fingerprint density at radius 1 is 1.05 bits per heavy atom. The summed E-state index contributed by atoms with van der Waals surface area (Å²) in [7, 11) is 0. The van der Waals surface area contributed by atoms with Gasteiger partial charge in [0.1, 0.15) is 0 Å². The molecule has 3 rings (SSSR count). The molecule has 0 bridgehead atoms. The molecule has 22 heavy (non-hydrogen) atoms. The van der Waals surface area contributed by atoms with Gasteiger partial charge in [0.05, 0.1) is 6.08 Å². The lowest BCUT2D eigenvalue weighted by Gasteiger charge is -2.15. The van der Waals surface area contributed by atoms with E-state index >= 15 is 0 Å². The predicted molar refractivity (Wildman–Crippen MR) is 89.2 cm³/mol. The SMILES string of the molecule is O=C(C=C[n+]1ccc(N2CCCC2)cc1)c1ccc(Cl)cc1. The average molecular weight is 314 g/mol. The quantitative estimate of drug-likeness (QED) is 0.489. The van der Waals surface area contributed by atoms with Crippen molar-refractivity contribution in [3.63, 3.8) is 0 Å². The maximum Gasteiger partial charge on any atom is 0.191 e. The van der Waals surface area contributed by atoms with Crippen LogP contribution in [0.5, 0.6) is 0 Å². The van der Waals surface area contributed by atoms with Gasteiger partial charge in [0.15, 0.2) is 24.4 Å². The third-order valence-corrected chi connectivity index (χ3v) is 4.08. The molecule has 0 atom stereocenters. The number of benzene rings is 1. The van der Waals surface area contributed by atoms with E-state index in [0.29, 0.717) is 10.6 Å². The number of hydrogen-bond acceptors (Lipinski definition) is 2. The van der Waals surface area contributed by atoms with Crippen molar-refractivity contribution in [3.05, 3.63) is 65.5 Å². The lowest BCUT2D eigenvalue weighted by Crippen LogP contribution is -2.26. The number of anilines is 1. The summed E-state index contributed by atoms with van der Waals surface area (Å²) in [5.74, 6) is -0.0345. The highest BCUT2D eigenvalue weighted by atomic mass is 35.5. The van der Waals surface area contributed by atoms with Gasteiger partial charge in [-0.15, -0.1) is 0 Å². The normalized spacial score (nSPS) is 14.7. The Bertz CT molecular complexity index is 671. The summed E-state index contributed by atoms with van der Waals surface area (Å²) in [6.45, 7) is 2.27. The first-order valence-corrected chi connectivity index (χ1v) is 7.84. The van der Waals surface area contributed by atoms with Gasteiger partial charge in [0, 0.05) is 41.5 Å². The van der Waals surface area contributed by atoms with Gasteiger partial charge in [0.2, 0.25) is 0 Å². The molecule has 1 aliphatic rings. The maximum absolute atomic E-state index is 12.1. The third-order valence-electron chi connectivity index (χ3n) is 3.83. The topological polar surface area (TPSA) is 24.2 Å². The number of rotatable bonds is 4.